The van der Waals surface area contributed by atoms with Crippen molar-refractivity contribution in [3.63, 3.8) is 0 Å². The van der Waals surface area contributed by atoms with Crippen molar-refractivity contribution in [1.82, 2.24) is 5.32 Å². The number of unbranched alkanes of at least 4 members (excludes halogenated alkanes) is 51. The Labute approximate surface area is 481 Å². The van der Waals surface area contributed by atoms with Gasteiger partial charge in [-0.2, -0.15) is 0 Å². The lowest BCUT2D eigenvalue weighted by atomic mass is 10.0. The number of carbonyl (C=O) groups is 2. The van der Waals surface area contributed by atoms with E-state index in [1.54, 1.807) is 0 Å². The van der Waals surface area contributed by atoms with Crippen LogP contribution in [0.2, 0.25) is 0 Å². The van der Waals surface area contributed by atoms with Crippen LogP contribution in [-0.4, -0.2) is 47.4 Å². The molecule has 456 valence electrons. The number of esters is 1. The summed E-state index contributed by atoms with van der Waals surface area (Å²) in [5.41, 5.74) is 0. The zero-order valence-electron chi connectivity index (χ0n) is 52.2. The predicted molar refractivity (Wildman–Crippen MR) is 338 cm³/mol. The summed E-state index contributed by atoms with van der Waals surface area (Å²) in [6, 6.07) is -0.546. The van der Waals surface area contributed by atoms with E-state index in [0.717, 1.165) is 51.4 Å². The molecular formula is C71H137NO5. The number of aliphatic hydroxyl groups is 2. The second-order valence-electron chi connectivity index (χ2n) is 24.2. The molecule has 0 rings (SSSR count). The number of ether oxygens (including phenoxy) is 1. The minimum atomic E-state index is -0.668. The molecule has 6 heteroatoms. The highest BCUT2D eigenvalue weighted by Crippen LogP contribution is 2.19. The fourth-order valence-electron chi connectivity index (χ4n) is 11.1. The third kappa shape index (κ3) is 63.4. The van der Waals surface area contributed by atoms with Crippen LogP contribution in [0, 0.1) is 0 Å². The minimum absolute atomic E-state index is 0.00323. The summed E-state index contributed by atoms with van der Waals surface area (Å²) in [7, 11) is 0. The van der Waals surface area contributed by atoms with Crippen molar-refractivity contribution in [1.29, 1.82) is 0 Å². The second kappa shape index (κ2) is 66.8. The molecule has 0 aromatic rings. The summed E-state index contributed by atoms with van der Waals surface area (Å²) >= 11 is 0. The molecule has 77 heavy (non-hydrogen) atoms. The molecule has 0 aliphatic carbocycles. The zero-order chi connectivity index (χ0) is 55.7. The molecule has 0 aromatic carbocycles. The monoisotopic (exact) mass is 1080 g/mol. The molecular weight excluding hydrogens is 947 g/mol. The molecule has 2 unspecified atom stereocenters. The molecule has 0 radical (unpaired) electrons. The second-order valence-corrected chi connectivity index (χ2v) is 24.2. The normalized spacial score (nSPS) is 12.6. The van der Waals surface area contributed by atoms with Gasteiger partial charge in [-0.3, -0.25) is 9.59 Å². The van der Waals surface area contributed by atoms with Crippen molar-refractivity contribution in [2.24, 2.45) is 0 Å². The molecule has 6 nitrogen and oxygen atoms in total. The molecule has 2 atom stereocenters. The fourth-order valence-corrected chi connectivity index (χ4v) is 11.1. The molecule has 0 fully saturated rings. The van der Waals surface area contributed by atoms with Crippen LogP contribution in [0.25, 0.3) is 0 Å². The predicted octanol–water partition coefficient (Wildman–Crippen LogP) is 22.5. The number of carbonyl (C=O) groups excluding carboxylic acids is 2. The SMILES string of the molecule is CCCCCC/C=C\C/C=C\CCCCCCCC(=O)OCCCCCCCCCCCCCCCCCCCCCC(=O)NC(CO)C(O)CCCCCCCCCCCCCCCCCCCCCCCCCCC. The van der Waals surface area contributed by atoms with Crippen molar-refractivity contribution in [2.75, 3.05) is 13.2 Å². The van der Waals surface area contributed by atoms with Crippen molar-refractivity contribution in [3.05, 3.63) is 24.3 Å². The Morgan fingerprint density at radius 1 is 0.364 bits per heavy atom. The summed E-state index contributed by atoms with van der Waals surface area (Å²) in [6.07, 6.45) is 83.6. The Bertz CT molecular complexity index is 1200. The first-order valence-electron chi connectivity index (χ1n) is 35.1. The molecule has 0 bridgehead atoms. The van der Waals surface area contributed by atoms with Gasteiger partial charge in [0.15, 0.2) is 0 Å². The van der Waals surface area contributed by atoms with Gasteiger partial charge < -0.3 is 20.3 Å². The first-order valence-corrected chi connectivity index (χ1v) is 35.1. The Hall–Kier alpha value is -1.66. The smallest absolute Gasteiger partial charge is 0.305 e. The Morgan fingerprint density at radius 3 is 1.00 bits per heavy atom. The standard InChI is InChI=1S/C71H137NO5/c1-3-5-7-9-11-13-15-17-19-21-22-23-24-25-26-27-29-32-35-39-43-47-51-55-59-63-69(74)68(67-73)72-70(75)64-60-56-52-48-44-40-36-33-30-28-31-34-38-42-46-50-54-58-62-66-77-71(76)65-61-57-53-49-45-41-37-20-18-16-14-12-10-8-6-4-2/h14,16,20,37,68-69,73-74H,3-13,15,17-19,21-36,38-67H2,1-2H3,(H,72,75)/b16-14-,37-20-. The van der Waals surface area contributed by atoms with Gasteiger partial charge in [0.2, 0.25) is 5.91 Å². The van der Waals surface area contributed by atoms with Crippen LogP contribution in [-0.2, 0) is 14.3 Å². The van der Waals surface area contributed by atoms with Crippen LogP contribution in [0.4, 0.5) is 0 Å². The van der Waals surface area contributed by atoms with E-state index < -0.39 is 12.1 Å². The van der Waals surface area contributed by atoms with E-state index in [2.05, 4.69) is 43.5 Å². The largest absolute Gasteiger partial charge is 0.466 e. The number of rotatable bonds is 66. The van der Waals surface area contributed by atoms with Crippen LogP contribution in [0.3, 0.4) is 0 Å². The van der Waals surface area contributed by atoms with Crippen LogP contribution in [0.5, 0.6) is 0 Å². The van der Waals surface area contributed by atoms with E-state index >= 15 is 0 Å². The maximum atomic E-state index is 12.6. The topological polar surface area (TPSA) is 95.9 Å². The lowest BCUT2D eigenvalue weighted by Crippen LogP contribution is -2.45. The molecule has 0 aromatic heterocycles. The number of aliphatic hydroxyl groups excluding tert-OH is 2. The van der Waals surface area contributed by atoms with E-state index in [4.69, 9.17) is 4.74 Å². The van der Waals surface area contributed by atoms with Crippen molar-refractivity contribution < 1.29 is 24.5 Å². The molecule has 0 aliphatic heterocycles. The molecule has 1 amide bonds. The molecule has 0 saturated carbocycles. The first kappa shape index (κ1) is 75.3. The maximum absolute atomic E-state index is 12.6. The van der Waals surface area contributed by atoms with Crippen LogP contribution >= 0.6 is 0 Å². The van der Waals surface area contributed by atoms with Crippen LogP contribution < -0.4 is 5.32 Å². The zero-order valence-corrected chi connectivity index (χ0v) is 52.2. The lowest BCUT2D eigenvalue weighted by Gasteiger charge is -2.22. The quantitative estimate of drug-likeness (QED) is 0.0320. The van der Waals surface area contributed by atoms with Gasteiger partial charge in [0, 0.05) is 12.8 Å². The van der Waals surface area contributed by atoms with Crippen molar-refractivity contribution in [3.8, 4) is 0 Å². The van der Waals surface area contributed by atoms with Gasteiger partial charge in [-0.1, -0.05) is 346 Å². The maximum Gasteiger partial charge on any atom is 0.305 e. The Balaban J connectivity index is 3.40. The van der Waals surface area contributed by atoms with E-state index in [1.807, 2.05) is 0 Å². The number of hydrogen-bond donors (Lipinski definition) is 3. The van der Waals surface area contributed by atoms with Crippen molar-refractivity contribution in [2.45, 2.75) is 405 Å². The van der Waals surface area contributed by atoms with Gasteiger partial charge in [0.25, 0.3) is 0 Å². The van der Waals surface area contributed by atoms with E-state index in [9.17, 15) is 19.8 Å². The molecule has 0 heterocycles. The molecule has 0 spiro atoms. The highest BCUT2D eigenvalue weighted by molar-refractivity contribution is 5.76. The summed E-state index contributed by atoms with van der Waals surface area (Å²) in [6.45, 7) is 4.96. The fraction of sp³-hybridized carbons (Fsp3) is 0.915. The van der Waals surface area contributed by atoms with Gasteiger partial charge in [0.05, 0.1) is 25.4 Å². The minimum Gasteiger partial charge on any atom is -0.466 e. The van der Waals surface area contributed by atoms with Gasteiger partial charge in [-0.25, -0.2) is 0 Å². The average Bonchev–Trinajstić information content (AvgIpc) is 3.43. The first-order chi connectivity index (χ1) is 38.0. The van der Waals surface area contributed by atoms with E-state index in [0.29, 0.717) is 25.9 Å². The Morgan fingerprint density at radius 2 is 0.649 bits per heavy atom. The summed E-state index contributed by atoms with van der Waals surface area (Å²) in [5.74, 6) is -0.0366. The van der Waals surface area contributed by atoms with E-state index in [1.165, 1.54) is 308 Å². The number of hydrogen-bond acceptors (Lipinski definition) is 5. The third-order valence-corrected chi connectivity index (χ3v) is 16.5. The number of amides is 1. The summed E-state index contributed by atoms with van der Waals surface area (Å²) in [4.78, 5) is 24.6. The summed E-state index contributed by atoms with van der Waals surface area (Å²) < 4.78 is 5.49. The van der Waals surface area contributed by atoms with Crippen LogP contribution in [0.15, 0.2) is 24.3 Å². The van der Waals surface area contributed by atoms with Gasteiger partial charge in [0.1, 0.15) is 0 Å². The number of nitrogens with one attached hydrogen (secondary N) is 1. The molecule has 0 saturated heterocycles. The lowest BCUT2D eigenvalue weighted by molar-refractivity contribution is -0.143. The molecule has 0 aliphatic rings. The highest BCUT2D eigenvalue weighted by Gasteiger charge is 2.20. The van der Waals surface area contributed by atoms with Crippen LogP contribution in [0.1, 0.15) is 393 Å². The van der Waals surface area contributed by atoms with Crippen molar-refractivity contribution >= 4 is 11.9 Å². The van der Waals surface area contributed by atoms with E-state index in [-0.39, 0.29) is 18.5 Å². The average molecular weight is 1080 g/mol. The Kier molecular flexibility index (Phi) is 65.4. The van der Waals surface area contributed by atoms with Gasteiger partial charge >= 0.3 is 5.97 Å². The molecule has 3 N–H and O–H groups in total. The highest BCUT2D eigenvalue weighted by atomic mass is 16.5. The number of allylic oxidation sites excluding steroid dienone is 4. The third-order valence-electron chi connectivity index (χ3n) is 16.5. The van der Waals surface area contributed by atoms with Gasteiger partial charge in [-0.05, 0) is 57.8 Å². The summed E-state index contributed by atoms with van der Waals surface area (Å²) in [5, 5.41) is 23.4. The van der Waals surface area contributed by atoms with Gasteiger partial charge in [-0.15, -0.1) is 0 Å².